The molecule has 1 aromatic rings. The van der Waals surface area contributed by atoms with Crippen LogP contribution < -0.4 is 11.1 Å². The molecule has 1 fully saturated rings. The maximum Gasteiger partial charge on any atom is 0.270 e. The van der Waals surface area contributed by atoms with Crippen molar-refractivity contribution in [2.45, 2.75) is 31.7 Å². The van der Waals surface area contributed by atoms with Crippen molar-refractivity contribution in [2.24, 2.45) is 11.7 Å². The van der Waals surface area contributed by atoms with E-state index < -0.39 is 4.92 Å². The number of hydrogen-bond acceptors (Lipinski definition) is 5. The van der Waals surface area contributed by atoms with Crippen LogP contribution in [0, 0.1) is 27.4 Å². The Balaban J connectivity index is 2.17. The van der Waals surface area contributed by atoms with Gasteiger partial charge in [0.25, 0.3) is 5.69 Å². The van der Waals surface area contributed by atoms with E-state index in [0.29, 0.717) is 0 Å². The molecule has 0 radical (unpaired) electrons. The summed E-state index contributed by atoms with van der Waals surface area (Å²) in [4.78, 5) is 22.3. The molecule has 0 bridgehead atoms. The average molecular weight is 288 g/mol. The van der Waals surface area contributed by atoms with Crippen molar-refractivity contribution < 1.29 is 9.72 Å². The molecule has 0 aliphatic heterocycles. The number of nitro groups is 1. The van der Waals surface area contributed by atoms with Crippen LogP contribution in [0.25, 0.3) is 0 Å². The number of amides is 1. The summed E-state index contributed by atoms with van der Waals surface area (Å²) in [7, 11) is 0. The lowest BCUT2D eigenvalue weighted by Gasteiger charge is -2.27. The lowest BCUT2D eigenvalue weighted by atomic mass is 9.84. The standard InChI is InChI=1S/C14H16N4O3/c15-8-9-7-10(18(20)21)5-6-13(9)17-14(19)11-3-1-2-4-12(11)16/h5-7,11-12H,1-4,16H2,(H,17,19). The van der Waals surface area contributed by atoms with E-state index in [0.717, 1.165) is 31.7 Å². The van der Waals surface area contributed by atoms with Gasteiger partial charge in [-0.3, -0.25) is 14.9 Å². The van der Waals surface area contributed by atoms with Gasteiger partial charge in [-0.05, 0) is 18.9 Å². The summed E-state index contributed by atoms with van der Waals surface area (Å²) >= 11 is 0. The molecule has 0 heterocycles. The highest BCUT2D eigenvalue weighted by Crippen LogP contribution is 2.26. The predicted octanol–water partition coefficient (Wildman–Crippen LogP) is 1.92. The van der Waals surface area contributed by atoms with Crippen molar-refractivity contribution >= 4 is 17.3 Å². The van der Waals surface area contributed by atoms with Crippen molar-refractivity contribution in [3.05, 3.63) is 33.9 Å². The molecule has 2 unspecified atom stereocenters. The van der Waals surface area contributed by atoms with Crippen LogP contribution in [0.3, 0.4) is 0 Å². The minimum Gasteiger partial charge on any atom is -0.327 e. The molecule has 1 saturated carbocycles. The zero-order valence-corrected chi connectivity index (χ0v) is 11.4. The van der Waals surface area contributed by atoms with Crippen molar-refractivity contribution in [1.82, 2.24) is 0 Å². The normalized spacial score (nSPS) is 21.3. The number of nitrogens with zero attached hydrogens (tertiary/aromatic N) is 2. The van der Waals surface area contributed by atoms with Gasteiger partial charge in [0.05, 0.1) is 22.1 Å². The minimum absolute atomic E-state index is 0.0712. The molecular weight excluding hydrogens is 272 g/mol. The molecule has 1 aliphatic carbocycles. The van der Waals surface area contributed by atoms with E-state index in [9.17, 15) is 14.9 Å². The van der Waals surface area contributed by atoms with E-state index >= 15 is 0 Å². The summed E-state index contributed by atoms with van der Waals surface area (Å²) in [6, 6.07) is 5.47. The largest absolute Gasteiger partial charge is 0.327 e. The Hall–Kier alpha value is -2.46. The summed E-state index contributed by atoms with van der Waals surface area (Å²) in [5, 5.41) is 22.4. The highest BCUT2D eigenvalue weighted by Gasteiger charge is 2.28. The number of benzene rings is 1. The number of non-ortho nitro benzene ring substituents is 1. The van der Waals surface area contributed by atoms with E-state index in [1.807, 2.05) is 6.07 Å². The first-order valence-corrected chi connectivity index (χ1v) is 6.78. The number of carbonyl (C=O) groups is 1. The summed E-state index contributed by atoms with van der Waals surface area (Å²) in [6.45, 7) is 0. The third-order valence-electron chi connectivity index (χ3n) is 3.75. The van der Waals surface area contributed by atoms with Crippen LogP contribution >= 0.6 is 0 Å². The Kier molecular flexibility index (Phi) is 4.50. The van der Waals surface area contributed by atoms with Crippen molar-refractivity contribution in [2.75, 3.05) is 5.32 Å². The quantitative estimate of drug-likeness (QED) is 0.649. The Morgan fingerprint density at radius 1 is 1.43 bits per heavy atom. The van der Waals surface area contributed by atoms with Crippen molar-refractivity contribution in [3.63, 3.8) is 0 Å². The highest BCUT2D eigenvalue weighted by molar-refractivity contribution is 5.94. The number of rotatable bonds is 3. The van der Waals surface area contributed by atoms with Crippen LogP contribution in [-0.2, 0) is 4.79 Å². The Bertz CT molecular complexity index is 609. The average Bonchev–Trinajstić information content (AvgIpc) is 2.47. The first kappa shape index (κ1) is 14.9. The fraction of sp³-hybridized carbons (Fsp3) is 0.429. The number of anilines is 1. The van der Waals surface area contributed by atoms with Gasteiger partial charge in [-0.2, -0.15) is 5.26 Å². The molecule has 2 rings (SSSR count). The number of nitro benzene ring substituents is 1. The van der Waals surface area contributed by atoms with Gasteiger partial charge in [0.15, 0.2) is 0 Å². The van der Waals surface area contributed by atoms with Gasteiger partial charge in [-0.1, -0.05) is 12.8 Å². The SMILES string of the molecule is N#Cc1cc([N+](=O)[O-])ccc1NC(=O)C1CCCCC1N. The fourth-order valence-corrected chi connectivity index (χ4v) is 2.56. The molecular formula is C14H16N4O3. The number of carbonyl (C=O) groups excluding carboxylic acids is 1. The third-order valence-corrected chi connectivity index (χ3v) is 3.75. The smallest absolute Gasteiger partial charge is 0.270 e. The van der Waals surface area contributed by atoms with Crippen LogP contribution in [0.5, 0.6) is 0 Å². The van der Waals surface area contributed by atoms with Crippen LogP contribution in [0.2, 0.25) is 0 Å². The molecule has 7 nitrogen and oxygen atoms in total. The molecule has 7 heteroatoms. The van der Waals surface area contributed by atoms with Gasteiger partial charge >= 0.3 is 0 Å². The molecule has 0 saturated heterocycles. The monoisotopic (exact) mass is 288 g/mol. The maximum absolute atomic E-state index is 12.2. The molecule has 21 heavy (non-hydrogen) atoms. The van der Waals surface area contributed by atoms with Crippen LogP contribution in [-0.4, -0.2) is 16.9 Å². The summed E-state index contributed by atoms with van der Waals surface area (Å²) in [5.74, 6) is -0.506. The second kappa shape index (κ2) is 6.33. The lowest BCUT2D eigenvalue weighted by Crippen LogP contribution is -2.40. The molecule has 0 spiro atoms. The van der Waals surface area contributed by atoms with Crippen LogP contribution in [0.15, 0.2) is 18.2 Å². The minimum atomic E-state index is -0.580. The Labute approximate surface area is 121 Å². The first-order chi connectivity index (χ1) is 10.0. The van der Waals surface area contributed by atoms with Crippen LogP contribution in [0.1, 0.15) is 31.2 Å². The number of nitrogens with two attached hydrogens (primary N) is 1. The second-order valence-electron chi connectivity index (χ2n) is 5.14. The molecule has 110 valence electrons. The second-order valence-corrected chi connectivity index (χ2v) is 5.14. The summed E-state index contributed by atoms with van der Waals surface area (Å²) in [5.41, 5.74) is 6.13. The molecule has 1 aliphatic rings. The van der Waals surface area contributed by atoms with Crippen LogP contribution in [0.4, 0.5) is 11.4 Å². The molecule has 1 aromatic carbocycles. The number of nitriles is 1. The summed E-state index contributed by atoms with van der Waals surface area (Å²) < 4.78 is 0. The zero-order chi connectivity index (χ0) is 15.4. The molecule has 3 N–H and O–H groups in total. The third kappa shape index (κ3) is 3.35. The van der Waals surface area contributed by atoms with E-state index in [1.165, 1.54) is 12.1 Å². The number of nitrogens with one attached hydrogen (secondary N) is 1. The highest BCUT2D eigenvalue weighted by atomic mass is 16.6. The lowest BCUT2D eigenvalue weighted by molar-refractivity contribution is -0.384. The van der Waals surface area contributed by atoms with Crippen molar-refractivity contribution in [1.29, 1.82) is 5.26 Å². The van der Waals surface area contributed by atoms with Crippen molar-refractivity contribution in [3.8, 4) is 6.07 Å². The van der Waals surface area contributed by atoms with E-state index in [1.54, 1.807) is 0 Å². The van der Waals surface area contributed by atoms with Gasteiger partial charge in [-0.15, -0.1) is 0 Å². The Morgan fingerprint density at radius 3 is 2.76 bits per heavy atom. The number of hydrogen-bond donors (Lipinski definition) is 2. The molecule has 2 atom stereocenters. The van der Waals surface area contributed by atoms with E-state index in [2.05, 4.69) is 5.32 Å². The topological polar surface area (TPSA) is 122 Å². The molecule has 0 aromatic heterocycles. The van der Waals surface area contributed by atoms with Gasteiger partial charge in [0.2, 0.25) is 5.91 Å². The van der Waals surface area contributed by atoms with E-state index in [-0.39, 0.29) is 34.8 Å². The zero-order valence-electron chi connectivity index (χ0n) is 11.4. The fourth-order valence-electron chi connectivity index (χ4n) is 2.56. The van der Waals surface area contributed by atoms with Gasteiger partial charge in [-0.25, -0.2) is 0 Å². The maximum atomic E-state index is 12.2. The molecule has 1 amide bonds. The van der Waals surface area contributed by atoms with E-state index in [4.69, 9.17) is 11.0 Å². The predicted molar refractivity (Wildman–Crippen MR) is 76.4 cm³/mol. The first-order valence-electron chi connectivity index (χ1n) is 6.78. The van der Waals surface area contributed by atoms with Gasteiger partial charge < -0.3 is 11.1 Å². The van der Waals surface area contributed by atoms with Gasteiger partial charge in [0, 0.05) is 18.2 Å². The Morgan fingerprint density at radius 2 is 2.14 bits per heavy atom. The summed E-state index contributed by atoms with van der Waals surface area (Å²) in [6.07, 6.45) is 3.51. The van der Waals surface area contributed by atoms with Gasteiger partial charge in [0.1, 0.15) is 6.07 Å².